The Labute approximate surface area is 114 Å². The van der Waals surface area contributed by atoms with Gasteiger partial charge in [-0.25, -0.2) is 0 Å². The van der Waals surface area contributed by atoms with Crippen molar-refractivity contribution in [3.8, 4) is 18.1 Å². The van der Waals surface area contributed by atoms with Crippen molar-refractivity contribution in [2.45, 2.75) is 33.4 Å². The molecule has 0 saturated heterocycles. The maximum Gasteiger partial charge on any atom is 0.261 e. The second-order valence-electron chi connectivity index (χ2n) is 4.44. The van der Waals surface area contributed by atoms with E-state index in [-0.39, 0.29) is 12.5 Å². The van der Waals surface area contributed by atoms with Gasteiger partial charge < -0.3 is 15.8 Å². The van der Waals surface area contributed by atoms with Gasteiger partial charge in [-0.2, -0.15) is 0 Å². The molecule has 0 aliphatic heterocycles. The molecule has 0 heterocycles. The number of ether oxygens (including phenoxy) is 1. The molecule has 0 saturated carbocycles. The lowest BCUT2D eigenvalue weighted by Gasteiger charge is -2.18. The lowest BCUT2D eigenvalue weighted by Crippen LogP contribution is -2.36. The number of benzene rings is 1. The minimum absolute atomic E-state index is 0.205. The average Bonchev–Trinajstić information content (AvgIpc) is 2.39. The molecule has 1 unspecified atom stereocenters. The Morgan fingerprint density at radius 3 is 2.53 bits per heavy atom. The Morgan fingerprint density at radius 1 is 1.47 bits per heavy atom. The molecule has 102 valence electrons. The van der Waals surface area contributed by atoms with Gasteiger partial charge in [-0.1, -0.05) is 18.1 Å². The van der Waals surface area contributed by atoms with Crippen molar-refractivity contribution in [1.82, 2.24) is 5.32 Å². The zero-order valence-corrected chi connectivity index (χ0v) is 11.6. The largest absolute Gasteiger partial charge is 0.480 e. The van der Waals surface area contributed by atoms with Crippen LogP contribution in [0.4, 0.5) is 0 Å². The summed E-state index contributed by atoms with van der Waals surface area (Å²) in [5, 5.41) is 2.59. The van der Waals surface area contributed by atoms with Crippen LogP contribution < -0.4 is 15.8 Å². The van der Waals surface area contributed by atoms with Gasteiger partial charge in [-0.05, 0) is 37.5 Å². The van der Waals surface area contributed by atoms with Gasteiger partial charge in [0.1, 0.15) is 5.75 Å². The molecule has 1 amide bonds. The minimum Gasteiger partial charge on any atom is -0.480 e. The molecule has 4 nitrogen and oxygen atoms in total. The van der Waals surface area contributed by atoms with E-state index in [0.717, 1.165) is 22.4 Å². The smallest absolute Gasteiger partial charge is 0.261 e. The number of hydrogen-bond donors (Lipinski definition) is 2. The highest BCUT2D eigenvalue weighted by atomic mass is 16.5. The van der Waals surface area contributed by atoms with Crippen LogP contribution in [-0.2, 0) is 11.3 Å². The van der Waals surface area contributed by atoms with Gasteiger partial charge in [0, 0.05) is 6.54 Å². The number of carbonyl (C=O) groups excluding carboxylic acids is 1. The summed E-state index contributed by atoms with van der Waals surface area (Å²) in [6, 6.07) is 3.93. The van der Waals surface area contributed by atoms with Crippen molar-refractivity contribution in [3.63, 3.8) is 0 Å². The van der Waals surface area contributed by atoms with Crippen molar-refractivity contribution in [3.05, 3.63) is 28.8 Å². The summed E-state index contributed by atoms with van der Waals surface area (Å²) in [7, 11) is 0. The molecule has 0 aromatic heterocycles. The molecule has 0 radical (unpaired) electrons. The molecular weight excluding hydrogens is 240 g/mol. The summed E-state index contributed by atoms with van der Waals surface area (Å²) in [6.45, 7) is 6.26. The first-order valence-electron chi connectivity index (χ1n) is 6.17. The second kappa shape index (κ2) is 6.81. The van der Waals surface area contributed by atoms with Crippen LogP contribution >= 0.6 is 0 Å². The van der Waals surface area contributed by atoms with E-state index in [9.17, 15) is 4.79 Å². The maximum atomic E-state index is 11.7. The zero-order valence-electron chi connectivity index (χ0n) is 11.6. The van der Waals surface area contributed by atoms with Crippen LogP contribution in [0.5, 0.6) is 5.75 Å². The standard InChI is InChI=1S/C15H20N2O2/c1-5-6-17-15(18)12(4)19-14-10(2)7-13(9-16)8-11(14)3/h1,7-8,12H,6,9,16H2,2-4H3,(H,17,18). The Kier molecular flexibility index (Phi) is 5.40. The van der Waals surface area contributed by atoms with Crippen LogP contribution in [0.25, 0.3) is 0 Å². The highest BCUT2D eigenvalue weighted by Crippen LogP contribution is 2.25. The predicted octanol–water partition coefficient (Wildman–Crippen LogP) is 1.28. The summed E-state index contributed by atoms with van der Waals surface area (Å²) in [4.78, 5) is 11.7. The van der Waals surface area contributed by atoms with Gasteiger partial charge in [0.15, 0.2) is 6.10 Å². The molecule has 1 aromatic carbocycles. The summed E-state index contributed by atoms with van der Waals surface area (Å²) in [6.07, 6.45) is 4.50. The van der Waals surface area contributed by atoms with Crippen molar-refractivity contribution >= 4 is 5.91 Å². The van der Waals surface area contributed by atoms with Gasteiger partial charge in [-0.15, -0.1) is 6.42 Å². The number of hydrogen-bond acceptors (Lipinski definition) is 3. The highest BCUT2D eigenvalue weighted by molar-refractivity contribution is 5.81. The Bertz CT molecular complexity index is 480. The normalized spacial score (nSPS) is 11.5. The number of nitrogens with two attached hydrogens (primary N) is 1. The molecule has 4 heteroatoms. The van der Waals surface area contributed by atoms with E-state index >= 15 is 0 Å². The van der Waals surface area contributed by atoms with E-state index in [0.29, 0.717) is 6.54 Å². The van der Waals surface area contributed by atoms with Gasteiger partial charge in [0.25, 0.3) is 5.91 Å². The fourth-order valence-corrected chi connectivity index (χ4v) is 1.86. The summed E-state index contributed by atoms with van der Waals surface area (Å²) < 4.78 is 5.71. The third-order valence-electron chi connectivity index (χ3n) is 2.78. The molecule has 1 rings (SSSR count). The molecule has 0 bridgehead atoms. The van der Waals surface area contributed by atoms with Crippen molar-refractivity contribution < 1.29 is 9.53 Å². The summed E-state index contributed by atoms with van der Waals surface area (Å²) >= 11 is 0. The van der Waals surface area contributed by atoms with E-state index in [2.05, 4.69) is 11.2 Å². The van der Waals surface area contributed by atoms with E-state index in [4.69, 9.17) is 16.9 Å². The Hall–Kier alpha value is -1.99. The summed E-state index contributed by atoms with van der Waals surface area (Å²) in [5.74, 6) is 2.85. The van der Waals surface area contributed by atoms with Gasteiger partial charge in [0.05, 0.1) is 6.54 Å². The molecule has 1 atom stereocenters. The topological polar surface area (TPSA) is 64.3 Å². The average molecular weight is 260 g/mol. The summed E-state index contributed by atoms with van der Waals surface area (Å²) in [5.41, 5.74) is 8.61. The fourth-order valence-electron chi connectivity index (χ4n) is 1.86. The first-order valence-corrected chi connectivity index (χ1v) is 6.17. The van der Waals surface area contributed by atoms with E-state index in [1.807, 2.05) is 26.0 Å². The quantitative estimate of drug-likeness (QED) is 0.784. The maximum absolute atomic E-state index is 11.7. The van der Waals surface area contributed by atoms with Crippen LogP contribution in [-0.4, -0.2) is 18.6 Å². The first kappa shape index (κ1) is 15.1. The fraction of sp³-hybridized carbons (Fsp3) is 0.400. The zero-order chi connectivity index (χ0) is 14.4. The lowest BCUT2D eigenvalue weighted by molar-refractivity contribution is -0.127. The number of carbonyl (C=O) groups is 1. The third-order valence-corrected chi connectivity index (χ3v) is 2.78. The monoisotopic (exact) mass is 260 g/mol. The van der Waals surface area contributed by atoms with Crippen LogP contribution in [0.1, 0.15) is 23.6 Å². The van der Waals surface area contributed by atoms with Gasteiger partial charge in [-0.3, -0.25) is 4.79 Å². The molecule has 1 aromatic rings. The number of aryl methyl sites for hydroxylation is 2. The van der Waals surface area contributed by atoms with E-state index in [1.165, 1.54) is 0 Å². The highest BCUT2D eigenvalue weighted by Gasteiger charge is 2.16. The predicted molar refractivity (Wildman–Crippen MR) is 75.7 cm³/mol. The molecule has 19 heavy (non-hydrogen) atoms. The molecule has 0 aliphatic carbocycles. The number of terminal acetylenes is 1. The lowest BCUT2D eigenvalue weighted by atomic mass is 10.1. The van der Waals surface area contributed by atoms with Crippen LogP contribution in [0.2, 0.25) is 0 Å². The Balaban J connectivity index is 2.82. The Morgan fingerprint density at radius 2 is 2.05 bits per heavy atom. The third kappa shape index (κ3) is 4.01. The van der Waals surface area contributed by atoms with E-state index in [1.54, 1.807) is 6.92 Å². The molecule has 0 fully saturated rings. The van der Waals surface area contributed by atoms with Gasteiger partial charge >= 0.3 is 0 Å². The van der Waals surface area contributed by atoms with Crippen molar-refractivity contribution in [2.24, 2.45) is 5.73 Å². The number of amides is 1. The minimum atomic E-state index is -0.588. The van der Waals surface area contributed by atoms with Gasteiger partial charge in [0.2, 0.25) is 0 Å². The SMILES string of the molecule is C#CCNC(=O)C(C)Oc1c(C)cc(CN)cc1C. The molecule has 0 aliphatic rings. The van der Waals surface area contributed by atoms with Crippen LogP contribution in [0, 0.1) is 26.2 Å². The van der Waals surface area contributed by atoms with Crippen molar-refractivity contribution in [1.29, 1.82) is 0 Å². The molecular formula is C15H20N2O2. The number of nitrogens with one attached hydrogen (secondary N) is 1. The number of rotatable bonds is 5. The molecule has 0 spiro atoms. The van der Waals surface area contributed by atoms with E-state index < -0.39 is 6.10 Å². The van der Waals surface area contributed by atoms with Crippen LogP contribution in [0.15, 0.2) is 12.1 Å². The second-order valence-corrected chi connectivity index (χ2v) is 4.44. The van der Waals surface area contributed by atoms with Crippen molar-refractivity contribution in [2.75, 3.05) is 6.54 Å². The van der Waals surface area contributed by atoms with Crippen LogP contribution in [0.3, 0.4) is 0 Å². The molecule has 3 N–H and O–H groups in total. The first-order chi connectivity index (χ1) is 8.99.